The van der Waals surface area contributed by atoms with Crippen LogP contribution in [0.15, 0.2) is 24.4 Å². The number of hydrogen-bond donors (Lipinski definition) is 0. The van der Waals surface area contributed by atoms with Crippen LogP contribution < -0.4 is 0 Å². The monoisotopic (exact) mass is 337 g/mol. The van der Waals surface area contributed by atoms with Crippen molar-refractivity contribution in [2.45, 2.75) is 66.2 Å². The highest BCUT2D eigenvalue weighted by Gasteiger charge is 2.21. The van der Waals surface area contributed by atoms with Gasteiger partial charge in [0.05, 0.1) is 0 Å². The number of halogens is 1. The Hall–Kier alpha value is -0.860. The first kappa shape index (κ1) is 19.2. The lowest BCUT2D eigenvalue weighted by atomic mass is 9.82. The molecule has 2 aromatic rings. The van der Waals surface area contributed by atoms with Gasteiger partial charge in [-0.3, -0.25) is 0 Å². The molecular weight excluding hydrogens is 310 g/mol. The average Bonchev–Trinajstić information content (AvgIpc) is 2.96. The van der Waals surface area contributed by atoms with Crippen molar-refractivity contribution in [3.63, 3.8) is 0 Å². The van der Waals surface area contributed by atoms with Crippen molar-refractivity contribution in [3.8, 4) is 10.6 Å². The van der Waals surface area contributed by atoms with Crippen molar-refractivity contribution >= 4 is 22.9 Å². The summed E-state index contributed by atoms with van der Waals surface area (Å²) in [5.74, 6) is 0. The average molecular weight is 338 g/mol. The number of thiazole rings is 1. The summed E-state index contributed by atoms with van der Waals surface area (Å²) >= 11 is 8.20. The SMILES string of the molecule is CCC.CCc1cnc(-c2ccc(C(C)(C)CC)c(Cl)c2)s1. The van der Waals surface area contributed by atoms with E-state index in [2.05, 4.69) is 58.7 Å². The van der Waals surface area contributed by atoms with Gasteiger partial charge in [-0.1, -0.05) is 71.7 Å². The number of hydrogen-bond acceptors (Lipinski definition) is 2. The van der Waals surface area contributed by atoms with Crippen LogP contribution in [0.5, 0.6) is 0 Å². The minimum Gasteiger partial charge on any atom is -0.244 e. The van der Waals surface area contributed by atoms with Crippen LogP contribution in [0, 0.1) is 0 Å². The van der Waals surface area contributed by atoms with E-state index in [4.69, 9.17) is 11.6 Å². The van der Waals surface area contributed by atoms with Crippen LogP contribution in [0.4, 0.5) is 0 Å². The van der Waals surface area contributed by atoms with Gasteiger partial charge >= 0.3 is 0 Å². The van der Waals surface area contributed by atoms with Gasteiger partial charge in [-0.15, -0.1) is 11.3 Å². The van der Waals surface area contributed by atoms with Crippen molar-refractivity contribution in [2.24, 2.45) is 0 Å². The molecule has 1 nitrogen and oxygen atoms in total. The third-order valence-corrected chi connectivity index (χ3v) is 5.23. The van der Waals surface area contributed by atoms with Crippen LogP contribution in [-0.4, -0.2) is 4.98 Å². The van der Waals surface area contributed by atoms with E-state index in [9.17, 15) is 0 Å². The normalized spacial score (nSPS) is 11.0. The third kappa shape index (κ3) is 4.82. The van der Waals surface area contributed by atoms with Crippen LogP contribution in [0.2, 0.25) is 5.02 Å². The number of benzene rings is 1. The Morgan fingerprint density at radius 3 is 2.23 bits per heavy atom. The maximum absolute atomic E-state index is 6.46. The zero-order valence-corrected chi connectivity index (χ0v) is 16.2. The van der Waals surface area contributed by atoms with E-state index in [-0.39, 0.29) is 5.41 Å². The lowest BCUT2D eigenvalue weighted by Crippen LogP contribution is -2.15. The third-order valence-electron chi connectivity index (χ3n) is 3.73. The molecule has 0 atom stereocenters. The van der Waals surface area contributed by atoms with E-state index >= 15 is 0 Å². The topological polar surface area (TPSA) is 12.9 Å². The molecule has 1 aromatic heterocycles. The van der Waals surface area contributed by atoms with Crippen LogP contribution in [-0.2, 0) is 11.8 Å². The Bertz CT molecular complexity index is 587. The second-order valence-corrected chi connectivity index (χ2v) is 7.65. The van der Waals surface area contributed by atoms with E-state index in [1.807, 2.05) is 12.3 Å². The summed E-state index contributed by atoms with van der Waals surface area (Å²) in [6.45, 7) is 13.1. The number of aromatic nitrogens is 1. The molecule has 0 unspecified atom stereocenters. The Kier molecular flexibility index (Phi) is 7.58. The molecule has 2 rings (SSSR count). The molecule has 22 heavy (non-hydrogen) atoms. The number of nitrogens with zero attached hydrogens (tertiary/aromatic N) is 1. The maximum Gasteiger partial charge on any atom is 0.123 e. The summed E-state index contributed by atoms with van der Waals surface area (Å²) < 4.78 is 0. The zero-order chi connectivity index (χ0) is 16.8. The molecule has 122 valence electrons. The minimum absolute atomic E-state index is 0.118. The maximum atomic E-state index is 6.46. The first-order chi connectivity index (χ1) is 10.4. The second-order valence-electron chi connectivity index (χ2n) is 6.12. The molecule has 0 aliphatic heterocycles. The predicted octanol–water partition coefficient (Wildman–Crippen LogP) is 7.13. The highest BCUT2D eigenvalue weighted by Crippen LogP contribution is 2.36. The van der Waals surface area contributed by atoms with E-state index < -0.39 is 0 Å². The molecule has 1 aromatic carbocycles. The molecule has 1 heterocycles. The first-order valence-electron chi connectivity index (χ1n) is 8.14. The lowest BCUT2D eigenvalue weighted by Gasteiger charge is -2.24. The highest BCUT2D eigenvalue weighted by atomic mass is 35.5. The van der Waals surface area contributed by atoms with Crippen molar-refractivity contribution in [3.05, 3.63) is 39.9 Å². The number of rotatable bonds is 4. The highest BCUT2D eigenvalue weighted by molar-refractivity contribution is 7.15. The summed E-state index contributed by atoms with van der Waals surface area (Å²) in [4.78, 5) is 5.78. The Labute approximate surface area is 144 Å². The van der Waals surface area contributed by atoms with Crippen LogP contribution >= 0.6 is 22.9 Å². The molecule has 0 aliphatic carbocycles. The molecule has 0 bridgehead atoms. The van der Waals surface area contributed by atoms with Crippen LogP contribution in [0.1, 0.15) is 64.8 Å². The van der Waals surface area contributed by atoms with Crippen LogP contribution in [0.25, 0.3) is 10.6 Å². The van der Waals surface area contributed by atoms with Gasteiger partial charge in [-0.05, 0) is 29.9 Å². The fourth-order valence-electron chi connectivity index (χ4n) is 1.99. The molecule has 3 heteroatoms. The Morgan fingerprint density at radius 1 is 1.14 bits per heavy atom. The quantitative estimate of drug-likeness (QED) is 0.578. The molecule has 0 saturated heterocycles. The largest absolute Gasteiger partial charge is 0.244 e. The van der Waals surface area contributed by atoms with Gasteiger partial charge in [-0.25, -0.2) is 4.98 Å². The van der Waals surface area contributed by atoms with E-state index in [1.54, 1.807) is 11.3 Å². The van der Waals surface area contributed by atoms with Crippen molar-refractivity contribution < 1.29 is 0 Å². The molecular formula is C19H28ClNS. The molecule has 0 saturated carbocycles. The molecule has 0 spiro atoms. The van der Waals surface area contributed by atoms with Gasteiger partial charge in [-0.2, -0.15) is 0 Å². The van der Waals surface area contributed by atoms with Crippen LogP contribution in [0.3, 0.4) is 0 Å². The van der Waals surface area contributed by atoms with Gasteiger partial charge in [0.15, 0.2) is 0 Å². The fraction of sp³-hybridized carbons (Fsp3) is 0.526. The standard InChI is InChI=1S/C16H20ClNS.C3H8/c1-5-12-10-18-15(19-12)11-7-8-13(14(17)9-11)16(3,4)6-2;1-3-2/h7-10H,5-6H2,1-4H3;3H2,1-2H3. The Morgan fingerprint density at radius 2 is 1.77 bits per heavy atom. The minimum atomic E-state index is 0.118. The van der Waals surface area contributed by atoms with Gasteiger partial charge in [0.1, 0.15) is 5.01 Å². The number of aryl methyl sites for hydroxylation is 1. The molecule has 0 radical (unpaired) electrons. The van der Waals surface area contributed by atoms with Gasteiger partial charge in [0.2, 0.25) is 0 Å². The smallest absolute Gasteiger partial charge is 0.123 e. The van der Waals surface area contributed by atoms with Crippen molar-refractivity contribution in [1.29, 1.82) is 0 Å². The van der Waals surface area contributed by atoms with Gasteiger partial charge in [0.25, 0.3) is 0 Å². The molecule has 0 fully saturated rings. The first-order valence-corrected chi connectivity index (χ1v) is 9.34. The van der Waals surface area contributed by atoms with Gasteiger partial charge in [0, 0.05) is 21.7 Å². The predicted molar refractivity (Wildman–Crippen MR) is 101 cm³/mol. The molecule has 0 amide bonds. The summed E-state index contributed by atoms with van der Waals surface area (Å²) in [5, 5.41) is 1.90. The van der Waals surface area contributed by atoms with E-state index in [1.165, 1.54) is 16.9 Å². The van der Waals surface area contributed by atoms with Gasteiger partial charge < -0.3 is 0 Å². The summed E-state index contributed by atoms with van der Waals surface area (Å²) in [5.41, 5.74) is 2.45. The zero-order valence-electron chi connectivity index (χ0n) is 14.7. The second kappa shape index (κ2) is 8.69. The summed E-state index contributed by atoms with van der Waals surface area (Å²) in [6.07, 6.45) is 5.31. The lowest BCUT2D eigenvalue weighted by molar-refractivity contribution is 0.506. The molecule has 0 aliphatic rings. The van der Waals surface area contributed by atoms with E-state index in [0.29, 0.717) is 0 Å². The fourth-order valence-corrected chi connectivity index (χ4v) is 3.28. The van der Waals surface area contributed by atoms with Crippen molar-refractivity contribution in [2.75, 3.05) is 0 Å². The van der Waals surface area contributed by atoms with E-state index in [0.717, 1.165) is 28.4 Å². The summed E-state index contributed by atoms with van der Waals surface area (Å²) in [6, 6.07) is 6.33. The Balaban J connectivity index is 0.000000745. The molecule has 0 N–H and O–H groups in total. The van der Waals surface area contributed by atoms with Crippen molar-refractivity contribution in [1.82, 2.24) is 4.98 Å². The summed E-state index contributed by atoms with van der Waals surface area (Å²) in [7, 11) is 0.